The minimum atomic E-state index is 0. The zero-order chi connectivity index (χ0) is 13.9. The van der Waals surface area contributed by atoms with Crippen LogP contribution < -0.4 is 15.3 Å². The second-order valence-electron chi connectivity index (χ2n) is 3.62. The zero-order valence-electron chi connectivity index (χ0n) is 12.2. The van der Waals surface area contributed by atoms with Crippen molar-refractivity contribution in [1.82, 2.24) is 0 Å². The topological polar surface area (TPSA) is 69.2 Å². The Morgan fingerprint density at radius 2 is 1.12 bits per heavy atom. The Hall–Kier alpha value is 0.243. The Labute approximate surface area is 125 Å². The molecule has 1 rings (SSSR count). The molecule has 98 valence electrons. The maximum absolute atomic E-state index is 8.25. The van der Waals surface area contributed by atoms with Gasteiger partial charge in [0.15, 0.2) is 0 Å². The van der Waals surface area contributed by atoms with E-state index in [2.05, 4.69) is 40.7 Å². The maximum atomic E-state index is 8.25. The van der Waals surface area contributed by atoms with Gasteiger partial charge in [0, 0.05) is 0 Å². The Kier molecular flexibility index (Phi) is 21.8. The van der Waals surface area contributed by atoms with Crippen molar-refractivity contribution < 1.29 is 41.5 Å². The molecule has 1 aliphatic rings. The standard InChI is InChI=1S/C10H15.3CH3O.Zr/c1-7-6-10(4,5)9(3)8(7)2;3*1-2;/h1-5H3;3*1H3;/q4*-1;+4. The van der Waals surface area contributed by atoms with Crippen molar-refractivity contribution in [3.63, 3.8) is 0 Å². The van der Waals surface area contributed by atoms with Crippen molar-refractivity contribution >= 4 is 0 Å². The van der Waals surface area contributed by atoms with Gasteiger partial charge in [-0.25, -0.2) is 5.57 Å². The van der Waals surface area contributed by atoms with Gasteiger partial charge in [-0.1, -0.05) is 33.1 Å². The van der Waals surface area contributed by atoms with E-state index < -0.39 is 0 Å². The van der Waals surface area contributed by atoms with Gasteiger partial charge in [-0.05, 0) is 0 Å². The van der Waals surface area contributed by atoms with Gasteiger partial charge >= 0.3 is 26.2 Å². The predicted molar refractivity (Wildman–Crippen MR) is 62.4 cm³/mol. The van der Waals surface area contributed by atoms with E-state index in [0.29, 0.717) is 0 Å². The predicted octanol–water partition coefficient (Wildman–Crippen LogP) is 0.0391. The van der Waals surface area contributed by atoms with E-state index in [-0.39, 0.29) is 31.6 Å². The van der Waals surface area contributed by atoms with E-state index in [1.807, 2.05) is 0 Å². The van der Waals surface area contributed by atoms with E-state index in [0.717, 1.165) is 21.3 Å². The summed E-state index contributed by atoms with van der Waals surface area (Å²) in [6, 6.07) is 0. The fourth-order valence-corrected chi connectivity index (χ4v) is 1.41. The second kappa shape index (κ2) is 14.3. The van der Waals surface area contributed by atoms with Gasteiger partial charge in [-0.15, -0.1) is 6.92 Å². The fraction of sp³-hybridized carbons (Fsp3) is 0.692. The van der Waals surface area contributed by atoms with Gasteiger partial charge in [-0.2, -0.15) is 32.5 Å². The summed E-state index contributed by atoms with van der Waals surface area (Å²) in [6.07, 6.45) is 3.44. The molecule has 0 atom stereocenters. The third-order valence-corrected chi connectivity index (χ3v) is 2.56. The molecule has 0 aromatic carbocycles. The monoisotopic (exact) mass is 318 g/mol. The number of allylic oxidation sites excluding steroid dienone is 4. The summed E-state index contributed by atoms with van der Waals surface area (Å²) < 4.78 is 0. The molecule has 4 heteroatoms. The van der Waals surface area contributed by atoms with Crippen LogP contribution in [0.2, 0.25) is 0 Å². The van der Waals surface area contributed by atoms with Crippen LogP contribution in [0.1, 0.15) is 34.6 Å². The summed E-state index contributed by atoms with van der Waals surface area (Å²) in [6.45, 7) is 10.9. The number of hydrogen-bond acceptors (Lipinski definition) is 3. The molecule has 0 unspecified atom stereocenters. The Balaban J connectivity index is -0.000000106. The molecular formula is C13H24O3Zr. The van der Waals surface area contributed by atoms with Crippen LogP contribution in [0.15, 0.2) is 16.7 Å². The molecule has 0 aliphatic heterocycles. The van der Waals surface area contributed by atoms with Gasteiger partial charge in [0.2, 0.25) is 0 Å². The average Bonchev–Trinajstić information content (AvgIpc) is 2.50. The van der Waals surface area contributed by atoms with E-state index in [1.165, 1.54) is 16.7 Å². The molecule has 0 N–H and O–H groups in total. The molecule has 0 fully saturated rings. The number of hydrogen-bond donors (Lipinski definition) is 0. The summed E-state index contributed by atoms with van der Waals surface area (Å²) in [5.74, 6) is 0. The van der Waals surface area contributed by atoms with Gasteiger partial charge < -0.3 is 15.3 Å². The largest absolute Gasteiger partial charge is 4.00 e. The quantitative estimate of drug-likeness (QED) is 0.592. The average molecular weight is 320 g/mol. The van der Waals surface area contributed by atoms with Crippen LogP contribution in [0.4, 0.5) is 0 Å². The fourth-order valence-electron chi connectivity index (χ4n) is 1.41. The summed E-state index contributed by atoms with van der Waals surface area (Å²) in [4.78, 5) is 0. The molecule has 0 amide bonds. The maximum Gasteiger partial charge on any atom is 4.00 e. The molecule has 0 aromatic rings. The van der Waals surface area contributed by atoms with Gasteiger partial charge in [0.1, 0.15) is 0 Å². The van der Waals surface area contributed by atoms with Crippen molar-refractivity contribution in [2.75, 3.05) is 21.3 Å². The van der Waals surface area contributed by atoms with E-state index >= 15 is 0 Å². The minimum absolute atomic E-state index is 0. The third kappa shape index (κ3) is 8.90. The summed E-state index contributed by atoms with van der Waals surface area (Å²) in [7, 11) is 2.25. The van der Waals surface area contributed by atoms with Crippen LogP contribution in [-0.2, 0) is 26.2 Å². The minimum Gasteiger partial charge on any atom is -0.857 e. The summed E-state index contributed by atoms with van der Waals surface area (Å²) >= 11 is 0. The second-order valence-corrected chi connectivity index (χ2v) is 3.62. The zero-order valence-corrected chi connectivity index (χ0v) is 14.7. The molecule has 0 spiro atoms. The van der Waals surface area contributed by atoms with Crippen LogP contribution in [0.5, 0.6) is 0 Å². The third-order valence-electron chi connectivity index (χ3n) is 2.56. The molecule has 3 nitrogen and oxygen atoms in total. The van der Waals surface area contributed by atoms with E-state index in [4.69, 9.17) is 15.3 Å². The normalized spacial score (nSPS) is 14.9. The summed E-state index contributed by atoms with van der Waals surface area (Å²) in [5.41, 5.74) is 4.39. The van der Waals surface area contributed by atoms with Crippen molar-refractivity contribution in [2.24, 2.45) is 5.41 Å². The molecule has 0 heterocycles. The van der Waals surface area contributed by atoms with Gasteiger partial charge in [-0.3, -0.25) is 6.08 Å². The van der Waals surface area contributed by atoms with Gasteiger partial charge in [0.05, 0.1) is 0 Å². The first-order valence-electron chi connectivity index (χ1n) is 4.97. The van der Waals surface area contributed by atoms with Crippen molar-refractivity contribution in [2.45, 2.75) is 34.6 Å². The first-order valence-corrected chi connectivity index (χ1v) is 4.97. The molecule has 0 aromatic heterocycles. The van der Waals surface area contributed by atoms with E-state index in [9.17, 15) is 0 Å². The first-order chi connectivity index (χ1) is 7.45. The van der Waals surface area contributed by atoms with Crippen LogP contribution in [0.25, 0.3) is 0 Å². The van der Waals surface area contributed by atoms with Crippen LogP contribution in [-0.4, -0.2) is 21.3 Å². The first kappa shape index (κ1) is 25.9. The Bertz CT molecular complexity index is 231. The van der Waals surface area contributed by atoms with Crippen molar-refractivity contribution in [3.8, 4) is 0 Å². The molecule has 0 radical (unpaired) electrons. The molecule has 0 bridgehead atoms. The molecule has 17 heavy (non-hydrogen) atoms. The Morgan fingerprint density at radius 1 is 0.824 bits per heavy atom. The molecule has 0 saturated heterocycles. The van der Waals surface area contributed by atoms with Gasteiger partial charge in [0.25, 0.3) is 0 Å². The van der Waals surface area contributed by atoms with Crippen molar-refractivity contribution in [1.29, 1.82) is 0 Å². The smallest absolute Gasteiger partial charge is 0.857 e. The molecule has 0 saturated carbocycles. The number of rotatable bonds is 0. The SMILES string of the molecule is CC1=[C-]C(C)(C)C(C)=C1C.C[O-].C[O-].C[O-].[Zr+4]. The van der Waals surface area contributed by atoms with Crippen molar-refractivity contribution in [3.05, 3.63) is 22.8 Å². The summed E-state index contributed by atoms with van der Waals surface area (Å²) in [5, 5.41) is 24.8. The van der Waals surface area contributed by atoms with Crippen LogP contribution in [0, 0.1) is 11.5 Å². The van der Waals surface area contributed by atoms with E-state index in [1.54, 1.807) is 0 Å². The van der Waals surface area contributed by atoms with Crippen LogP contribution in [0.3, 0.4) is 0 Å². The molecule has 1 aliphatic carbocycles. The van der Waals surface area contributed by atoms with Crippen LogP contribution >= 0.6 is 0 Å². The Morgan fingerprint density at radius 3 is 1.18 bits per heavy atom. The molecular weight excluding hydrogens is 295 g/mol.